The molecule has 0 aliphatic heterocycles. The lowest BCUT2D eigenvalue weighted by Crippen LogP contribution is -2.03. The highest BCUT2D eigenvalue weighted by atomic mass is 15.0. The maximum atomic E-state index is 8.55. The van der Waals surface area contributed by atoms with Gasteiger partial charge in [0.1, 0.15) is 18.2 Å². The molecule has 0 aliphatic rings. The summed E-state index contributed by atoms with van der Waals surface area (Å²) in [5.41, 5.74) is 1.16. The van der Waals surface area contributed by atoms with E-state index in [4.69, 9.17) is 5.26 Å². The van der Waals surface area contributed by atoms with Crippen LogP contribution in [0.1, 0.15) is 11.4 Å². The summed E-state index contributed by atoms with van der Waals surface area (Å²) in [6.07, 6.45) is 6.10. The fourth-order valence-corrected chi connectivity index (χ4v) is 1.08. The van der Waals surface area contributed by atoms with Gasteiger partial charge < -0.3 is 5.32 Å². The lowest BCUT2D eigenvalue weighted by molar-refractivity contribution is 0.989. The van der Waals surface area contributed by atoms with E-state index in [0.29, 0.717) is 18.1 Å². The Labute approximate surface area is 92.0 Å². The molecule has 0 saturated carbocycles. The van der Waals surface area contributed by atoms with E-state index in [1.54, 1.807) is 6.20 Å². The van der Waals surface area contributed by atoms with Crippen molar-refractivity contribution in [2.75, 3.05) is 5.32 Å². The number of hydrogen-bond acceptors (Lipinski definition) is 6. The minimum atomic E-state index is 0.299. The molecule has 6 nitrogen and oxygen atoms in total. The SMILES string of the molecule is N#Cc1cnc(NCc2ccncn2)cn1. The van der Waals surface area contributed by atoms with Crippen molar-refractivity contribution in [1.29, 1.82) is 5.26 Å². The number of aromatic nitrogens is 4. The third kappa shape index (κ3) is 2.48. The van der Waals surface area contributed by atoms with Crippen LogP contribution in [0.2, 0.25) is 0 Å². The fraction of sp³-hybridized carbons (Fsp3) is 0.100. The molecule has 1 N–H and O–H groups in total. The van der Waals surface area contributed by atoms with E-state index < -0.39 is 0 Å². The molecule has 0 amide bonds. The molecule has 78 valence electrons. The standard InChI is InChI=1S/C10H8N6/c11-3-9-5-15-10(6-13-9)14-4-8-1-2-12-7-16-8/h1-2,5-7H,4H2,(H,14,15). The van der Waals surface area contributed by atoms with E-state index in [-0.39, 0.29) is 0 Å². The molecule has 0 saturated heterocycles. The molecule has 0 aromatic carbocycles. The van der Waals surface area contributed by atoms with E-state index in [1.807, 2.05) is 12.1 Å². The highest BCUT2D eigenvalue weighted by molar-refractivity contribution is 5.33. The quantitative estimate of drug-likeness (QED) is 0.807. The van der Waals surface area contributed by atoms with Crippen LogP contribution in [0, 0.1) is 11.3 Å². The average Bonchev–Trinajstić information content (AvgIpc) is 2.38. The summed E-state index contributed by atoms with van der Waals surface area (Å²) in [6.45, 7) is 0.545. The molecule has 0 fully saturated rings. The number of anilines is 1. The largest absolute Gasteiger partial charge is 0.363 e. The van der Waals surface area contributed by atoms with E-state index in [2.05, 4.69) is 25.3 Å². The zero-order valence-electron chi connectivity index (χ0n) is 8.33. The first-order valence-electron chi connectivity index (χ1n) is 4.59. The minimum Gasteiger partial charge on any atom is -0.363 e. The van der Waals surface area contributed by atoms with Crippen LogP contribution >= 0.6 is 0 Å². The van der Waals surface area contributed by atoms with Gasteiger partial charge in [0.05, 0.1) is 24.6 Å². The van der Waals surface area contributed by atoms with Gasteiger partial charge >= 0.3 is 0 Å². The van der Waals surface area contributed by atoms with Crippen molar-refractivity contribution in [3.05, 3.63) is 42.4 Å². The third-order valence-corrected chi connectivity index (χ3v) is 1.86. The first-order chi connectivity index (χ1) is 7.88. The van der Waals surface area contributed by atoms with Gasteiger partial charge in [-0.2, -0.15) is 5.26 Å². The summed E-state index contributed by atoms with van der Waals surface area (Å²) in [5.74, 6) is 0.609. The Morgan fingerprint density at radius 2 is 2.19 bits per heavy atom. The van der Waals surface area contributed by atoms with Crippen LogP contribution < -0.4 is 5.32 Å². The Hall–Kier alpha value is -2.55. The molecule has 0 unspecified atom stereocenters. The molecular formula is C10H8N6. The van der Waals surface area contributed by atoms with E-state index in [9.17, 15) is 0 Å². The summed E-state index contributed by atoms with van der Waals surface area (Å²) in [7, 11) is 0. The van der Waals surface area contributed by atoms with Crippen LogP contribution in [0.15, 0.2) is 31.0 Å². The second-order valence-electron chi connectivity index (χ2n) is 2.95. The van der Waals surface area contributed by atoms with Gasteiger partial charge in [-0.1, -0.05) is 0 Å². The molecule has 0 atom stereocenters. The maximum absolute atomic E-state index is 8.55. The Morgan fingerprint density at radius 3 is 2.81 bits per heavy atom. The van der Waals surface area contributed by atoms with Crippen LogP contribution in [-0.4, -0.2) is 19.9 Å². The molecule has 0 bridgehead atoms. The summed E-state index contributed by atoms with van der Waals surface area (Å²) in [4.78, 5) is 15.8. The van der Waals surface area contributed by atoms with Crippen molar-refractivity contribution < 1.29 is 0 Å². The maximum Gasteiger partial charge on any atom is 0.158 e. The second kappa shape index (κ2) is 4.79. The highest BCUT2D eigenvalue weighted by Crippen LogP contribution is 2.02. The highest BCUT2D eigenvalue weighted by Gasteiger charge is 1.97. The zero-order valence-corrected chi connectivity index (χ0v) is 8.33. The Balaban J connectivity index is 1.98. The molecule has 2 aromatic rings. The minimum absolute atomic E-state index is 0.299. The van der Waals surface area contributed by atoms with Crippen LogP contribution in [0.25, 0.3) is 0 Å². The lowest BCUT2D eigenvalue weighted by Gasteiger charge is -2.03. The number of nitrogens with one attached hydrogen (secondary N) is 1. The predicted octanol–water partition coefficient (Wildman–Crippen LogP) is 0.750. The first-order valence-corrected chi connectivity index (χ1v) is 4.59. The van der Waals surface area contributed by atoms with Crippen LogP contribution in [-0.2, 0) is 6.54 Å². The van der Waals surface area contributed by atoms with Crippen LogP contribution in [0.5, 0.6) is 0 Å². The number of nitriles is 1. The second-order valence-corrected chi connectivity index (χ2v) is 2.95. The lowest BCUT2D eigenvalue weighted by atomic mass is 10.4. The van der Waals surface area contributed by atoms with Crippen molar-refractivity contribution in [3.63, 3.8) is 0 Å². The summed E-state index contributed by atoms with van der Waals surface area (Å²) in [5, 5.41) is 11.6. The smallest absolute Gasteiger partial charge is 0.158 e. The van der Waals surface area contributed by atoms with Gasteiger partial charge in [0.25, 0.3) is 0 Å². The van der Waals surface area contributed by atoms with Crippen molar-refractivity contribution in [2.45, 2.75) is 6.54 Å². The Kier molecular flexibility index (Phi) is 2.99. The molecule has 2 rings (SSSR count). The van der Waals surface area contributed by atoms with Crippen LogP contribution in [0.4, 0.5) is 5.82 Å². The molecule has 2 heterocycles. The van der Waals surface area contributed by atoms with Gasteiger partial charge in [0, 0.05) is 6.20 Å². The predicted molar refractivity (Wildman–Crippen MR) is 56.1 cm³/mol. The number of rotatable bonds is 3. The third-order valence-electron chi connectivity index (χ3n) is 1.86. The summed E-state index contributed by atoms with van der Waals surface area (Å²) in [6, 6.07) is 3.72. The van der Waals surface area contributed by atoms with Gasteiger partial charge in [-0.05, 0) is 6.07 Å². The topological polar surface area (TPSA) is 87.4 Å². The number of hydrogen-bond donors (Lipinski definition) is 1. The average molecular weight is 212 g/mol. The van der Waals surface area contributed by atoms with E-state index in [1.165, 1.54) is 18.7 Å². The van der Waals surface area contributed by atoms with Crippen molar-refractivity contribution in [3.8, 4) is 6.07 Å². The number of nitrogens with zero attached hydrogens (tertiary/aromatic N) is 5. The molecule has 16 heavy (non-hydrogen) atoms. The Morgan fingerprint density at radius 1 is 1.25 bits per heavy atom. The molecule has 0 aliphatic carbocycles. The van der Waals surface area contributed by atoms with E-state index >= 15 is 0 Å². The Bertz CT molecular complexity index is 487. The van der Waals surface area contributed by atoms with Crippen LogP contribution in [0.3, 0.4) is 0 Å². The van der Waals surface area contributed by atoms with Crippen molar-refractivity contribution >= 4 is 5.82 Å². The zero-order chi connectivity index (χ0) is 11.2. The summed E-state index contributed by atoms with van der Waals surface area (Å²) < 4.78 is 0. The normalized spacial score (nSPS) is 9.44. The molecule has 6 heteroatoms. The van der Waals surface area contributed by atoms with E-state index in [0.717, 1.165) is 5.69 Å². The first kappa shape index (κ1) is 9.98. The molecule has 0 spiro atoms. The fourth-order valence-electron chi connectivity index (χ4n) is 1.08. The molecular weight excluding hydrogens is 204 g/mol. The monoisotopic (exact) mass is 212 g/mol. The van der Waals surface area contributed by atoms with Gasteiger partial charge in [-0.3, -0.25) is 0 Å². The summed E-state index contributed by atoms with van der Waals surface area (Å²) >= 11 is 0. The molecule has 0 radical (unpaired) electrons. The van der Waals surface area contributed by atoms with Crippen molar-refractivity contribution in [1.82, 2.24) is 19.9 Å². The van der Waals surface area contributed by atoms with Crippen molar-refractivity contribution in [2.24, 2.45) is 0 Å². The van der Waals surface area contributed by atoms with Gasteiger partial charge in [0.15, 0.2) is 5.69 Å². The van der Waals surface area contributed by atoms with Gasteiger partial charge in [-0.25, -0.2) is 19.9 Å². The van der Waals surface area contributed by atoms with Gasteiger partial charge in [0.2, 0.25) is 0 Å². The molecule has 2 aromatic heterocycles. The van der Waals surface area contributed by atoms with Gasteiger partial charge in [-0.15, -0.1) is 0 Å².